The quantitative estimate of drug-likeness (QED) is 0.0263. The molecule has 0 heterocycles. The Hall–Kier alpha value is -2.89. The highest BCUT2D eigenvalue weighted by molar-refractivity contribution is 5.71. The highest BCUT2D eigenvalue weighted by Crippen LogP contribution is 2.16. The first kappa shape index (κ1) is 58.1. The van der Waals surface area contributed by atoms with Crippen molar-refractivity contribution < 1.29 is 28.6 Å². The van der Waals surface area contributed by atoms with Gasteiger partial charge in [-0.3, -0.25) is 14.4 Å². The van der Waals surface area contributed by atoms with Crippen LogP contribution in [-0.4, -0.2) is 37.2 Å². The van der Waals surface area contributed by atoms with E-state index in [9.17, 15) is 14.4 Å². The Morgan fingerprint density at radius 2 is 0.639 bits per heavy atom. The predicted octanol–water partition coefficient (Wildman–Crippen LogP) is 16.9. The number of unbranched alkanes of at least 4 members (excludes halogenated alkanes) is 25. The zero-order valence-corrected chi connectivity index (χ0v) is 40.2. The summed E-state index contributed by atoms with van der Waals surface area (Å²) in [7, 11) is 0. The Kier molecular flexibility index (Phi) is 47.4. The van der Waals surface area contributed by atoms with Crippen molar-refractivity contribution in [3.8, 4) is 0 Å². The van der Waals surface area contributed by atoms with Gasteiger partial charge in [0.2, 0.25) is 0 Å². The largest absolute Gasteiger partial charge is 0.462 e. The van der Waals surface area contributed by atoms with Crippen molar-refractivity contribution in [3.63, 3.8) is 0 Å². The standard InChI is InChI=1S/C55H96O6/c1-4-7-10-13-16-19-22-25-27-28-29-31-33-36-39-42-45-48-54(57)60-51-52(50-59-53(56)47-44-41-38-35-32-24-21-18-15-12-9-6-3)61-55(58)49-46-43-40-37-34-30-26-23-20-17-14-11-8-5-2/h8-9,11-12,17-18,20-21,32,35,52H,4-7,10,13-16,19,22-31,33-34,36-51H2,1-3H3/b11-8-,12-9-,20-17-,21-18-,35-32-. The first-order valence-corrected chi connectivity index (χ1v) is 25.8. The van der Waals surface area contributed by atoms with E-state index in [1.165, 1.54) is 116 Å². The van der Waals surface area contributed by atoms with Crippen LogP contribution in [0.25, 0.3) is 0 Å². The number of ether oxygens (including phenoxy) is 3. The summed E-state index contributed by atoms with van der Waals surface area (Å²) in [5.74, 6) is -0.932. The molecule has 0 bridgehead atoms. The minimum absolute atomic E-state index is 0.0877. The minimum Gasteiger partial charge on any atom is -0.462 e. The number of hydrogen-bond donors (Lipinski definition) is 0. The first-order valence-electron chi connectivity index (χ1n) is 25.8. The highest BCUT2D eigenvalue weighted by Gasteiger charge is 2.19. The van der Waals surface area contributed by atoms with Gasteiger partial charge in [-0.15, -0.1) is 0 Å². The number of hydrogen-bond acceptors (Lipinski definition) is 6. The number of allylic oxidation sites excluding steroid dienone is 10. The molecule has 0 spiro atoms. The molecule has 0 rings (SSSR count). The first-order chi connectivity index (χ1) is 30.0. The van der Waals surface area contributed by atoms with E-state index < -0.39 is 6.10 Å². The van der Waals surface area contributed by atoms with Crippen LogP contribution in [0.3, 0.4) is 0 Å². The Labute approximate surface area is 377 Å². The number of rotatable bonds is 46. The van der Waals surface area contributed by atoms with Crippen LogP contribution in [0.1, 0.15) is 252 Å². The molecule has 0 aromatic rings. The van der Waals surface area contributed by atoms with Gasteiger partial charge < -0.3 is 14.2 Å². The van der Waals surface area contributed by atoms with Gasteiger partial charge in [-0.05, 0) is 77.0 Å². The van der Waals surface area contributed by atoms with Gasteiger partial charge in [0.25, 0.3) is 0 Å². The molecular formula is C55H96O6. The third kappa shape index (κ3) is 48.0. The third-order valence-electron chi connectivity index (χ3n) is 11.0. The van der Waals surface area contributed by atoms with E-state index in [1.54, 1.807) is 0 Å². The lowest BCUT2D eigenvalue weighted by molar-refractivity contribution is -0.167. The summed E-state index contributed by atoms with van der Waals surface area (Å²) in [5, 5.41) is 0. The fourth-order valence-electron chi connectivity index (χ4n) is 7.20. The van der Waals surface area contributed by atoms with Crippen molar-refractivity contribution in [3.05, 3.63) is 60.8 Å². The summed E-state index contributed by atoms with van der Waals surface area (Å²) in [6, 6.07) is 0. The highest BCUT2D eigenvalue weighted by atomic mass is 16.6. The van der Waals surface area contributed by atoms with E-state index in [1.807, 2.05) is 0 Å². The van der Waals surface area contributed by atoms with E-state index in [-0.39, 0.29) is 31.1 Å². The van der Waals surface area contributed by atoms with Crippen molar-refractivity contribution >= 4 is 17.9 Å². The van der Waals surface area contributed by atoms with Crippen molar-refractivity contribution in [1.82, 2.24) is 0 Å². The number of carbonyl (C=O) groups excluding carboxylic acids is 3. The van der Waals surface area contributed by atoms with Crippen LogP contribution in [0.2, 0.25) is 0 Å². The maximum absolute atomic E-state index is 12.8. The number of carbonyl (C=O) groups is 3. The number of esters is 3. The van der Waals surface area contributed by atoms with E-state index in [0.717, 1.165) is 96.3 Å². The molecule has 0 radical (unpaired) electrons. The Balaban J connectivity index is 4.38. The van der Waals surface area contributed by atoms with Crippen molar-refractivity contribution in [1.29, 1.82) is 0 Å². The van der Waals surface area contributed by atoms with Crippen LogP contribution < -0.4 is 0 Å². The molecule has 61 heavy (non-hydrogen) atoms. The van der Waals surface area contributed by atoms with Crippen molar-refractivity contribution in [2.24, 2.45) is 0 Å². The van der Waals surface area contributed by atoms with Crippen LogP contribution in [0, 0.1) is 0 Å². The van der Waals surface area contributed by atoms with Crippen molar-refractivity contribution in [2.45, 2.75) is 258 Å². The zero-order valence-electron chi connectivity index (χ0n) is 40.2. The van der Waals surface area contributed by atoms with Gasteiger partial charge in [0.1, 0.15) is 13.2 Å². The van der Waals surface area contributed by atoms with Crippen LogP contribution in [0.5, 0.6) is 0 Å². The van der Waals surface area contributed by atoms with Gasteiger partial charge in [0.15, 0.2) is 6.10 Å². The molecule has 1 unspecified atom stereocenters. The molecule has 0 fully saturated rings. The maximum Gasteiger partial charge on any atom is 0.306 e. The SMILES string of the molecule is CC/C=C\C/C=C\C/C=C\CCCCC(=O)OCC(COC(=O)CCCCCCCCCCCCCCCCCCC)OC(=O)CCCCCCCCC/C=C\C/C=C\CC. The monoisotopic (exact) mass is 853 g/mol. The molecule has 0 amide bonds. The molecule has 0 N–H and O–H groups in total. The maximum atomic E-state index is 12.8. The van der Waals surface area contributed by atoms with Gasteiger partial charge in [0.05, 0.1) is 0 Å². The van der Waals surface area contributed by atoms with E-state index in [4.69, 9.17) is 14.2 Å². The van der Waals surface area contributed by atoms with Crippen molar-refractivity contribution in [2.75, 3.05) is 13.2 Å². The molecule has 6 heteroatoms. The summed E-state index contributed by atoms with van der Waals surface area (Å²) >= 11 is 0. The average Bonchev–Trinajstić information content (AvgIpc) is 3.26. The summed E-state index contributed by atoms with van der Waals surface area (Å²) in [4.78, 5) is 37.9. The second-order valence-corrected chi connectivity index (χ2v) is 17.0. The van der Waals surface area contributed by atoms with Crippen LogP contribution in [-0.2, 0) is 28.6 Å². The fraction of sp³-hybridized carbons (Fsp3) is 0.764. The normalized spacial score (nSPS) is 12.5. The molecular weight excluding hydrogens is 757 g/mol. The lowest BCUT2D eigenvalue weighted by Crippen LogP contribution is -2.30. The van der Waals surface area contributed by atoms with E-state index in [2.05, 4.69) is 81.5 Å². The fourth-order valence-corrected chi connectivity index (χ4v) is 7.20. The second kappa shape index (κ2) is 49.8. The molecule has 0 aliphatic heterocycles. The molecule has 0 aromatic carbocycles. The zero-order chi connectivity index (χ0) is 44.4. The summed E-state index contributed by atoms with van der Waals surface area (Å²) < 4.78 is 16.8. The topological polar surface area (TPSA) is 78.9 Å². The molecule has 0 aliphatic rings. The Bertz CT molecular complexity index is 1120. The van der Waals surface area contributed by atoms with Gasteiger partial charge in [0, 0.05) is 19.3 Å². The van der Waals surface area contributed by atoms with Crippen LogP contribution in [0.4, 0.5) is 0 Å². The molecule has 352 valence electrons. The van der Waals surface area contributed by atoms with Gasteiger partial charge in [-0.25, -0.2) is 0 Å². The molecule has 0 aliphatic carbocycles. The van der Waals surface area contributed by atoms with Gasteiger partial charge >= 0.3 is 17.9 Å². The minimum atomic E-state index is -0.791. The molecule has 1 atom stereocenters. The molecule has 0 aromatic heterocycles. The molecule has 6 nitrogen and oxygen atoms in total. The third-order valence-corrected chi connectivity index (χ3v) is 11.0. The predicted molar refractivity (Wildman–Crippen MR) is 261 cm³/mol. The summed E-state index contributed by atoms with van der Waals surface area (Å²) in [5.41, 5.74) is 0. The smallest absolute Gasteiger partial charge is 0.306 e. The molecule has 0 saturated carbocycles. The lowest BCUT2D eigenvalue weighted by Gasteiger charge is -2.18. The lowest BCUT2D eigenvalue weighted by atomic mass is 10.0. The molecule has 0 saturated heterocycles. The average molecular weight is 853 g/mol. The summed E-state index contributed by atoms with van der Waals surface area (Å²) in [6.07, 6.45) is 60.7. The Morgan fingerprint density at radius 1 is 0.344 bits per heavy atom. The van der Waals surface area contributed by atoms with Gasteiger partial charge in [-0.1, -0.05) is 216 Å². The Morgan fingerprint density at radius 3 is 1.03 bits per heavy atom. The second-order valence-electron chi connectivity index (χ2n) is 17.0. The van der Waals surface area contributed by atoms with Crippen LogP contribution in [0.15, 0.2) is 60.8 Å². The van der Waals surface area contributed by atoms with Gasteiger partial charge in [-0.2, -0.15) is 0 Å². The van der Waals surface area contributed by atoms with E-state index in [0.29, 0.717) is 19.3 Å². The van der Waals surface area contributed by atoms with E-state index >= 15 is 0 Å². The van der Waals surface area contributed by atoms with Crippen LogP contribution >= 0.6 is 0 Å². The summed E-state index contributed by atoms with van der Waals surface area (Å²) in [6.45, 7) is 6.39.